The maximum atomic E-state index is 13.4. The van der Waals surface area contributed by atoms with Crippen LogP contribution in [0.15, 0.2) is 32.5 Å². The molecule has 0 spiro atoms. The second kappa shape index (κ2) is 8.04. The van der Waals surface area contributed by atoms with E-state index < -0.39 is 29.0 Å². The van der Waals surface area contributed by atoms with Gasteiger partial charge in [0.1, 0.15) is 22.3 Å². The Morgan fingerprint density at radius 2 is 2.12 bits per heavy atom. The number of nitrogens with one attached hydrogen (secondary N) is 1. The average Bonchev–Trinajstić information content (AvgIpc) is 3.26. The molecular weight excluding hydrogens is 499 g/mol. The first-order valence-corrected chi connectivity index (χ1v) is 10.3. The van der Waals surface area contributed by atoms with Gasteiger partial charge in [-0.1, -0.05) is 16.3 Å². The monoisotopic (exact) mass is 509 g/mol. The van der Waals surface area contributed by atoms with Crippen molar-refractivity contribution in [3.05, 3.63) is 49.6 Å². The summed E-state index contributed by atoms with van der Waals surface area (Å²) in [6.45, 7) is 0. The van der Waals surface area contributed by atoms with Gasteiger partial charge in [0.05, 0.1) is 32.8 Å². The summed E-state index contributed by atoms with van der Waals surface area (Å²) in [4.78, 5) is 19.7. The molecule has 1 aromatic carbocycles. The van der Waals surface area contributed by atoms with Crippen LogP contribution in [0.1, 0.15) is 16.0 Å². The van der Waals surface area contributed by atoms with Gasteiger partial charge in [-0.2, -0.15) is 18.4 Å². The van der Waals surface area contributed by atoms with Crippen molar-refractivity contribution in [2.45, 2.75) is 6.18 Å². The largest absolute Gasteiger partial charge is 0.858 e. The molecule has 34 heavy (non-hydrogen) atoms. The number of aliphatic imine (C=N–C) groups is 1. The summed E-state index contributed by atoms with van der Waals surface area (Å²) in [7, 11) is 1.42. The molecule has 0 aliphatic rings. The number of benzene rings is 1. The van der Waals surface area contributed by atoms with Gasteiger partial charge in [-0.25, -0.2) is 9.78 Å². The Bertz CT molecular complexity index is 1600. The van der Waals surface area contributed by atoms with Crippen molar-refractivity contribution < 1.29 is 27.5 Å². The molecule has 4 rings (SSSR count). The van der Waals surface area contributed by atoms with Gasteiger partial charge in [0.25, 0.3) is 0 Å². The molecule has 174 valence electrons. The van der Waals surface area contributed by atoms with Gasteiger partial charge in [-0.15, -0.1) is 11.3 Å². The summed E-state index contributed by atoms with van der Waals surface area (Å²) >= 11 is 6.36. The molecule has 0 saturated heterocycles. The number of hydrogen-bond donors (Lipinski definition) is 3. The summed E-state index contributed by atoms with van der Waals surface area (Å²) in [5.41, 5.74) is 8.70. The normalized spacial score (nSPS) is 12.3. The molecule has 4 aromatic rings. The van der Waals surface area contributed by atoms with Crippen LogP contribution >= 0.6 is 22.9 Å². The van der Waals surface area contributed by atoms with Crippen molar-refractivity contribution in [3.63, 3.8) is 0 Å². The lowest BCUT2D eigenvalue weighted by molar-refractivity contribution is -0.730. The number of nitrogens with zero attached hydrogens (tertiary/aromatic N) is 4. The highest BCUT2D eigenvalue weighted by Crippen LogP contribution is 2.42. The predicted octanol–water partition coefficient (Wildman–Crippen LogP) is 2.22. The minimum atomic E-state index is -4.82. The van der Waals surface area contributed by atoms with Gasteiger partial charge in [0.2, 0.25) is 0 Å². The van der Waals surface area contributed by atoms with Crippen LogP contribution in [-0.2, 0) is 13.2 Å². The van der Waals surface area contributed by atoms with Crippen molar-refractivity contribution in [2.75, 3.05) is 11.5 Å². The van der Waals surface area contributed by atoms with Crippen LogP contribution in [0.5, 0.6) is 0 Å². The Hall–Kier alpha value is -4.09. The Kier molecular flexibility index (Phi) is 5.46. The van der Waals surface area contributed by atoms with Gasteiger partial charge in [-0.05, 0) is 23.5 Å². The zero-order valence-electron chi connectivity index (χ0n) is 16.8. The molecule has 5 N–H and O–H groups in total. The number of thiophene rings is 1. The third-order valence-electron chi connectivity index (χ3n) is 4.74. The molecule has 0 radical (unpaired) electrons. The number of nitrogen functional groups attached to an aromatic ring is 2. The first kappa shape index (κ1) is 23.1. The quantitative estimate of drug-likeness (QED) is 0.215. The first-order chi connectivity index (χ1) is 15.9. The van der Waals surface area contributed by atoms with Crippen LogP contribution < -0.4 is 26.9 Å². The van der Waals surface area contributed by atoms with E-state index >= 15 is 0 Å². The molecule has 3 aromatic heterocycles. The van der Waals surface area contributed by atoms with Crippen molar-refractivity contribution in [1.82, 2.24) is 10.3 Å². The Labute approximate surface area is 196 Å². The number of alkyl halides is 3. The molecule has 0 bridgehead atoms. The van der Waals surface area contributed by atoms with Crippen molar-refractivity contribution in [2.24, 2.45) is 12.0 Å². The second-order valence-corrected chi connectivity index (χ2v) is 8.28. The molecule has 0 aliphatic carbocycles. The first-order valence-electron chi connectivity index (χ1n) is 9.06. The number of H-pyrrole nitrogens is 1. The summed E-state index contributed by atoms with van der Waals surface area (Å²) in [6, 6.07) is 4.59. The van der Waals surface area contributed by atoms with Crippen LogP contribution in [0.4, 0.5) is 30.4 Å². The van der Waals surface area contributed by atoms with Gasteiger partial charge in [-0.3, -0.25) is 9.52 Å². The number of pyridine rings is 1. The molecule has 0 fully saturated rings. The lowest BCUT2D eigenvalue weighted by atomic mass is 10.0. The molecule has 0 unspecified atom stereocenters. The lowest BCUT2D eigenvalue weighted by Crippen LogP contribution is -2.34. The SMILES string of the molecule is C[n+]1[nH]oc(=O)c1-c1c(C#N)c(N)nc2sc(C([O-])=Nc3ccc(Cl)cc3C(F)(F)F)c(N)c12. The summed E-state index contributed by atoms with van der Waals surface area (Å²) in [5, 5.41) is 24.6. The molecule has 3 heterocycles. The van der Waals surface area contributed by atoms with E-state index in [2.05, 4.69) is 15.2 Å². The summed E-state index contributed by atoms with van der Waals surface area (Å²) in [6.07, 6.45) is -4.82. The van der Waals surface area contributed by atoms with Crippen molar-refractivity contribution in [1.29, 1.82) is 5.26 Å². The molecule has 0 aliphatic heterocycles. The fourth-order valence-corrected chi connectivity index (χ4v) is 4.45. The third kappa shape index (κ3) is 3.70. The number of aryl methyl sites for hydroxylation is 1. The van der Waals surface area contributed by atoms with Gasteiger partial charge in [0.15, 0.2) is 7.05 Å². The highest BCUT2D eigenvalue weighted by Gasteiger charge is 2.34. The number of anilines is 2. The number of halogens is 4. The Morgan fingerprint density at radius 3 is 2.71 bits per heavy atom. The topological polar surface area (TPSA) is 174 Å². The Balaban J connectivity index is 2.01. The number of aromatic nitrogens is 3. The van der Waals surface area contributed by atoms with E-state index in [0.29, 0.717) is 17.4 Å². The van der Waals surface area contributed by atoms with Gasteiger partial charge < -0.3 is 16.6 Å². The van der Waals surface area contributed by atoms with E-state index in [1.54, 1.807) is 0 Å². The van der Waals surface area contributed by atoms with Crippen LogP contribution in [0.2, 0.25) is 5.02 Å². The maximum absolute atomic E-state index is 13.4. The third-order valence-corrected chi connectivity index (χ3v) is 6.06. The van der Waals surface area contributed by atoms with Crippen LogP contribution in [0.3, 0.4) is 0 Å². The van der Waals surface area contributed by atoms with Crippen LogP contribution in [0, 0.1) is 11.3 Å². The van der Waals surface area contributed by atoms with E-state index in [1.165, 1.54) is 11.7 Å². The van der Waals surface area contributed by atoms with Crippen LogP contribution in [-0.4, -0.2) is 16.2 Å². The van der Waals surface area contributed by atoms with E-state index in [1.807, 2.05) is 6.07 Å². The minimum Gasteiger partial charge on any atom is -0.858 e. The molecule has 0 amide bonds. The van der Waals surface area contributed by atoms with Crippen molar-refractivity contribution in [3.8, 4) is 17.3 Å². The van der Waals surface area contributed by atoms with Gasteiger partial charge in [0, 0.05) is 10.9 Å². The smallest absolute Gasteiger partial charge is 0.435 e. The molecular formula is C19H11ClF3N7O3S. The number of rotatable bonds is 3. The number of aromatic amines is 1. The highest BCUT2D eigenvalue weighted by molar-refractivity contribution is 7.21. The number of fused-ring (bicyclic) bond motifs is 1. The van der Waals surface area contributed by atoms with E-state index in [9.17, 15) is 28.3 Å². The number of hydrogen-bond acceptors (Lipinski definition) is 9. The Morgan fingerprint density at radius 1 is 1.41 bits per heavy atom. The molecule has 15 heteroatoms. The zero-order valence-corrected chi connectivity index (χ0v) is 18.4. The number of nitriles is 1. The standard InChI is InChI=1S/C19H11ClF3N7O3S/c1-30-13(18(32)33-29-30)10-7(5-24)15(26)28-17-11(10)12(25)14(34-17)16(31)27-9-3-2-6(20)4-8(9)19(21,22)23/h2-4H,1H3,(H5-,25,26,27,28,29,31,32). The summed E-state index contributed by atoms with van der Waals surface area (Å²) < 4.78 is 46.1. The fourth-order valence-electron chi connectivity index (χ4n) is 3.28. The highest BCUT2D eigenvalue weighted by atomic mass is 35.5. The maximum Gasteiger partial charge on any atom is 0.435 e. The van der Waals surface area contributed by atoms with Gasteiger partial charge >= 0.3 is 17.5 Å². The fraction of sp³-hybridized carbons (Fsp3) is 0.105. The average molecular weight is 510 g/mol. The molecule has 0 atom stereocenters. The minimum absolute atomic E-state index is 0.0314. The number of nitrogens with two attached hydrogens (primary N) is 2. The van der Waals surface area contributed by atoms with E-state index in [0.717, 1.165) is 12.1 Å². The van der Waals surface area contributed by atoms with E-state index in [4.69, 9.17) is 27.6 Å². The predicted molar refractivity (Wildman–Crippen MR) is 115 cm³/mol. The molecule has 0 saturated carbocycles. The van der Waals surface area contributed by atoms with Crippen molar-refractivity contribution >= 4 is 56.2 Å². The lowest BCUT2D eigenvalue weighted by Gasteiger charge is -2.14. The van der Waals surface area contributed by atoms with E-state index in [-0.39, 0.29) is 48.4 Å². The second-order valence-electron chi connectivity index (χ2n) is 6.85. The van der Waals surface area contributed by atoms with Crippen LogP contribution in [0.25, 0.3) is 21.5 Å². The summed E-state index contributed by atoms with van der Waals surface area (Å²) in [5.74, 6) is -1.35. The molecule has 10 nitrogen and oxygen atoms in total. The zero-order chi connectivity index (χ0) is 24.9.